The molecule has 176 valence electrons. The smallest absolute Gasteiger partial charge is 0.341 e. The number of nitrogens with one attached hydrogen (secondary N) is 2. The van der Waals surface area contributed by atoms with Gasteiger partial charge in [-0.15, -0.1) is 0 Å². The van der Waals surface area contributed by atoms with Crippen LogP contribution in [0.4, 0.5) is 13.2 Å². The number of H-pyrrole nitrogens is 1. The Hall–Kier alpha value is -4.47. The van der Waals surface area contributed by atoms with E-state index in [4.69, 9.17) is 0 Å². The zero-order chi connectivity index (χ0) is 24.7. The van der Waals surface area contributed by atoms with E-state index in [1.807, 2.05) is 13.0 Å². The van der Waals surface area contributed by atoms with E-state index in [9.17, 15) is 22.8 Å². The van der Waals surface area contributed by atoms with Crippen LogP contribution >= 0.6 is 0 Å². The van der Waals surface area contributed by atoms with Crippen LogP contribution in [0.1, 0.15) is 38.9 Å². The number of imidazole rings is 1. The summed E-state index contributed by atoms with van der Waals surface area (Å²) in [4.78, 5) is 36.3. The number of rotatable bonds is 4. The molecule has 2 N–H and O–H groups in total. The molecule has 0 saturated heterocycles. The Balaban J connectivity index is 1.56. The molecule has 0 aliphatic carbocycles. The first-order valence-electron chi connectivity index (χ1n) is 10.6. The van der Waals surface area contributed by atoms with Crippen molar-refractivity contribution in [3.05, 3.63) is 111 Å². The number of hydrogen-bond donors (Lipinski definition) is 2. The van der Waals surface area contributed by atoms with Crippen LogP contribution in [-0.2, 0) is 6.18 Å². The minimum atomic E-state index is -4.62. The molecule has 0 spiro atoms. The maximum atomic E-state index is 13.2. The third-order valence-corrected chi connectivity index (χ3v) is 5.61. The molecule has 0 saturated carbocycles. The lowest BCUT2D eigenvalue weighted by Gasteiger charge is -2.20. The molecule has 0 bridgehead atoms. The maximum absolute atomic E-state index is 13.2. The number of aryl methyl sites for hydroxylation is 1. The summed E-state index contributed by atoms with van der Waals surface area (Å²) in [7, 11) is 0. The highest BCUT2D eigenvalue weighted by Gasteiger charge is 2.34. The topological polar surface area (TPSA) is 92.2 Å². The highest BCUT2D eigenvalue weighted by atomic mass is 19.4. The largest absolute Gasteiger partial charge is 0.449 e. The fourth-order valence-electron chi connectivity index (χ4n) is 3.89. The summed E-state index contributed by atoms with van der Waals surface area (Å²) >= 11 is 0. The molecule has 1 atom stereocenters. The first kappa shape index (κ1) is 22.3. The van der Waals surface area contributed by atoms with Crippen LogP contribution in [0.2, 0.25) is 0 Å². The third kappa shape index (κ3) is 4.25. The van der Waals surface area contributed by atoms with Gasteiger partial charge in [-0.3, -0.25) is 14.0 Å². The van der Waals surface area contributed by atoms with Gasteiger partial charge in [-0.25, -0.2) is 9.97 Å². The monoisotopic (exact) mass is 477 g/mol. The summed E-state index contributed by atoms with van der Waals surface area (Å²) in [5.74, 6) is -1.76. The molecular weight excluding hydrogens is 459 g/mol. The van der Waals surface area contributed by atoms with Crippen molar-refractivity contribution < 1.29 is 18.0 Å². The number of halogens is 3. The summed E-state index contributed by atoms with van der Waals surface area (Å²) < 4.78 is 40.6. The van der Waals surface area contributed by atoms with E-state index in [1.54, 1.807) is 48.7 Å². The maximum Gasteiger partial charge on any atom is 0.449 e. The molecule has 0 fully saturated rings. The Morgan fingerprint density at radius 1 is 1.06 bits per heavy atom. The molecule has 35 heavy (non-hydrogen) atoms. The third-order valence-electron chi connectivity index (χ3n) is 5.61. The number of fused-ring (bicyclic) bond motifs is 2. The van der Waals surface area contributed by atoms with Gasteiger partial charge < -0.3 is 10.3 Å². The Bertz CT molecular complexity index is 1620. The number of amides is 1. The molecule has 0 radical (unpaired) electrons. The van der Waals surface area contributed by atoms with Crippen molar-refractivity contribution in [1.82, 2.24) is 24.7 Å². The van der Waals surface area contributed by atoms with Crippen LogP contribution in [0.25, 0.3) is 16.7 Å². The molecule has 2 aromatic carbocycles. The van der Waals surface area contributed by atoms with Crippen molar-refractivity contribution in [3.63, 3.8) is 0 Å². The highest BCUT2D eigenvalue weighted by Crippen LogP contribution is 2.30. The fraction of sp³-hybridized carbons (Fsp3) is 0.120. The first-order chi connectivity index (χ1) is 16.7. The molecular formula is C25H18F3N5O2. The zero-order valence-corrected chi connectivity index (χ0v) is 18.3. The van der Waals surface area contributed by atoms with Crippen LogP contribution < -0.4 is 10.9 Å². The van der Waals surface area contributed by atoms with E-state index in [2.05, 4.69) is 20.3 Å². The number of aromatic amines is 1. The van der Waals surface area contributed by atoms with Crippen LogP contribution in [0.3, 0.4) is 0 Å². The van der Waals surface area contributed by atoms with Gasteiger partial charge in [-0.2, -0.15) is 13.2 Å². The van der Waals surface area contributed by atoms with E-state index in [0.717, 1.165) is 5.56 Å². The number of hydrogen-bond acceptors (Lipinski definition) is 4. The van der Waals surface area contributed by atoms with Crippen LogP contribution in [0, 0.1) is 6.92 Å². The lowest BCUT2D eigenvalue weighted by Crippen LogP contribution is -2.34. The minimum Gasteiger partial charge on any atom is -0.341 e. The van der Waals surface area contributed by atoms with E-state index in [0.29, 0.717) is 16.8 Å². The van der Waals surface area contributed by atoms with Crippen molar-refractivity contribution >= 4 is 22.6 Å². The molecule has 0 aliphatic rings. The van der Waals surface area contributed by atoms with E-state index < -0.39 is 29.5 Å². The number of aromatic nitrogens is 4. The predicted molar refractivity (Wildman–Crippen MR) is 123 cm³/mol. The molecule has 10 heteroatoms. The molecule has 5 aromatic rings. The number of carbonyl (C=O) groups excluding carboxylic acids is 1. The van der Waals surface area contributed by atoms with Gasteiger partial charge in [-0.1, -0.05) is 42.5 Å². The van der Waals surface area contributed by atoms with Gasteiger partial charge in [0.15, 0.2) is 0 Å². The van der Waals surface area contributed by atoms with Gasteiger partial charge in [0, 0.05) is 12.4 Å². The van der Waals surface area contributed by atoms with Crippen LogP contribution in [0.5, 0.6) is 0 Å². The summed E-state index contributed by atoms with van der Waals surface area (Å²) in [6.07, 6.45) is -1.80. The summed E-state index contributed by atoms with van der Waals surface area (Å²) in [6.45, 7) is 1.82. The molecule has 0 aliphatic heterocycles. The Morgan fingerprint density at radius 2 is 1.83 bits per heavy atom. The molecule has 1 amide bonds. The van der Waals surface area contributed by atoms with Crippen LogP contribution in [-0.4, -0.2) is 25.3 Å². The van der Waals surface area contributed by atoms with E-state index >= 15 is 0 Å². The number of pyridine rings is 1. The molecule has 3 heterocycles. The SMILES string of the molecule is Cc1ccc2ncc(C(=O)NC(c3ccccc3)c3ccc4nc(C(F)(F)F)[nH]c4c3)c(=O)n2c1. The van der Waals surface area contributed by atoms with Crippen molar-refractivity contribution in [2.24, 2.45) is 0 Å². The van der Waals surface area contributed by atoms with Crippen LogP contribution in [0.15, 0.2) is 77.9 Å². The van der Waals surface area contributed by atoms with E-state index in [-0.39, 0.29) is 16.6 Å². The standard InChI is InChI=1S/C25H18F3N5O2/c1-14-7-10-20-29-12-17(23(35)33(20)13-14)22(34)32-21(15-5-3-2-4-6-15)16-8-9-18-19(11-16)31-24(30-18)25(26,27)28/h2-13,21H,1H3,(H,30,31)(H,32,34). The van der Waals surface area contributed by atoms with Gasteiger partial charge >= 0.3 is 6.18 Å². The number of carbonyl (C=O) groups is 1. The van der Waals surface area contributed by atoms with Gasteiger partial charge in [0.25, 0.3) is 11.5 Å². The normalized spacial score (nSPS) is 12.7. The van der Waals surface area contributed by atoms with Gasteiger partial charge in [0.2, 0.25) is 5.82 Å². The quantitative estimate of drug-likeness (QED) is 0.401. The van der Waals surface area contributed by atoms with Crippen molar-refractivity contribution in [2.75, 3.05) is 0 Å². The summed E-state index contributed by atoms with van der Waals surface area (Å²) in [5, 5.41) is 2.84. The molecule has 7 nitrogen and oxygen atoms in total. The average Bonchev–Trinajstić information content (AvgIpc) is 3.28. The Morgan fingerprint density at radius 3 is 2.57 bits per heavy atom. The second-order valence-electron chi connectivity index (χ2n) is 8.09. The highest BCUT2D eigenvalue weighted by molar-refractivity contribution is 5.94. The van der Waals surface area contributed by atoms with Gasteiger partial charge in [-0.05, 0) is 41.8 Å². The van der Waals surface area contributed by atoms with Gasteiger partial charge in [0.1, 0.15) is 11.2 Å². The number of alkyl halides is 3. The molecule has 1 unspecified atom stereocenters. The average molecular weight is 477 g/mol. The van der Waals surface area contributed by atoms with Crippen molar-refractivity contribution in [3.8, 4) is 0 Å². The number of nitrogens with zero attached hydrogens (tertiary/aromatic N) is 3. The van der Waals surface area contributed by atoms with Gasteiger partial charge in [0.05, 0.1) is 17.1 Å². The zero-order valence-electron chi connectivity index (χ0n) is 18.3. The second kappa shape index (κ2) is 8.39. The Kier molecular flexibility index (Phi) is 5.35. The second-order valence-corrected chi connectivity index (χ2v) is 8.09. The summed E-state index contributed by atoms with van der Waals surface area (Å²) in [5.41, 5.74) is 2.06. The fourth-order valence-corrected chi connectivity index (χ4v) is 3.89. The number of benzene rings is 2. The predicted octanol–water partition coefficient (Wildman–Crippen LogP) is 4.42. The lowest BCUT2D eigenvalue weighted by molar-refractivity contribution is -0.144. The molecule has 3 aromatic heterocycles. The Labute approximate surface area is 196 Å². The van der Waals surface area contributed by atoms with E-state index in [1.165, 1.54) is 22.7 Å². The lowest BCUT2D eigenvalue weighted by atomic mass is 9.98. The first-order valence-corrected chi connectivity index (χ1v) is 10.6. The molecule has 5 rings (SSSR count). The minimum absolute atomic E-state index is 0.145. The van der Waals surface area contributed by atoms with Crippen molar-refractivity contribution in [1.29, 1.82) is 0 Å². The summed E-state index contributed by atoms with van der Waals surface area (Å²) in [6, 6.07) is 16.2. The van der Waals surface area contributed by atoms with Crippen molar-refractivity contribution in [2.45, 2.75) is 19.1 Å².